The second-order valence-corrected chi connectivity index (χ2v) is 15.9. The molecule has 274 valence electrons. The summed E-state index contributed by atoms with van der Waals surface area (Å²) in [6, 6.07) is 0.869. The van der Waals surface area contributed by atoms with Gasteiger partial charge in [-0.2, -0.15) is 8.42 Å². The van der Waals surface area contributed by atoms with Crippen molar-refractivity contribution in [3.63, 3.8) is 0 Å². The molecule has 0 saturated carbocycles. The predicted octanol–water partition coefficient (Wildman–Crippen LogP) is 13.3. The fraction of sp³-hybridized carbons (Fsp3) is 1.00. The highest BCUT2D eigenvalue weighted by Crippen LogP contribution is 2.21. The van der Waals surface area contributed by atoms with Crippen LogP contribution in [-0.2, 0) is 10.4 Å². The van der Waals surface area contributed by atoms with E-state index in [1.165, 1.54) is 212 Å². The van der Waals surface area contributed by atoms with Crippen molar-refractivity contribution in [2.75, 3.05) is 21.1 Å². The second-order valence-electron chi connectivity index (χ2n) is 15.0. The first-order valence-electron chi connectivity index (χ1n) is 20.0. The van der Waals surface area contributed by atoms with E-state index in [0.29, 0.717) is 0 Å². The van der Waals surface area contributed by atoms with Crippen LogP contribution in [0.4, 0.5) is 0 Å². The van der Waals surface area contributed by atoms with Gasteiger partial charge in [0.1, 0.15) is 0 Å². The van der Waals surface area contributed by atoms with E-state index >= 15 is 0 Å². The zero-order chi connectivity index (χ0) is 33.9. The molecule has 5 nitrogen and oxygen atoms in total. The molecule has 0 amide bonds. The van der Waals surface area contributed by atoms with Crippen LogP contribution in [0, 0.1) is 0 Å². The van der Waals surface area contributed by atoms with Crippen LogP contribution < -0.4 is 0 Å². The monoisotopic (exact) mass is 663 g/mol. The molecule has 1 atom stereocenters. The summed E-state index contributed by atoms with van der Waals surface area (Å²) < 4.78 is 32.7. The van der Waals surface area contributed by atoms with Crippen LogP contribution in [0.2, 0.25) is 0 Å². The molecule has 0 aromatic heterocycles. The quantitative estimate of drug-likeness (QED) is 0.0408. The van der Waals surface area contributed by atoms with E-state index in [1.807, 2.05) is 0 Å². The molecule has 0 heterocycles. The summed E-state index contributed by atoms with van der Waals surface area (Å²) in [6.45, 7) is 4.62. The van der Waals surface area contributed by atoms with Gasteiger partial charge in [0.05, 0.1) is 27.2 Å². The van der Waals surface area contributed by atoms with E-state index in [1.54, 1.807) is 0 Å². The standard InChI is InChI=1S/C39H82N.H2O4S/c1-6-8-10-12-14-16-18-20-22-24-26-28-30-32-34-36-38-39(40(3,4)5)37-35-33-31-29-27-25-23-21-19-17-15-13-11-9-7-2;1-5(2,3)4/h39H,6-38H2,1-5H3;(H2,1,2,3,4)/q+1;. The molecule has 0 bridgehead atoms. The lowest BCUT2D eigenvalue weighted by Gasteiger charge is -2.34. The van der Waals surface area contributed by atoms with Gasteiger partial charge in [-0.1, -0.05) is 200 Å². The third-order valence-electron chi connectivity index (χ3n) is 9.63. The summed E-state index contributed by atoms with van der Waals surface area (Å²) in [5, 5.41) is 0. The van der Waals surface area contributed by atoms with E-state index in [-0.39, 0.29) is 0 Å². The summed E-state index contributed by atoms with van der Waals surface area (Å²) >= 11 is 0. The Balaban J connectivity index is 0. The third kappa shape index (κ3) is 46.0. The van der Waals surface area contributed by atoms with Crippen molar-refractivity contribution in [1.82, 2.24) is 0 Å². The molecule has 45 heavy (non-hydrogen) atoms. The van der Waals surface area contributed by atoms with Crippen molar-refractivity contribution in [2.24, 2.45) is 0 Å². The number of nitrogens with zero attached hydrogens (tertiary/aromatic N) is 1. The first-order valence-corrected chi connectivity index (χ1v) is 21.4. The molecule has 0 aliphatic heterocycles. The first-order chi connectivity index (χ1) is 21.5. The van der Waals surface area contributed by atoms with Gasteiger partial charge in [-0.25, -0.2) is 0 Å². The van der Waals surface area contributed by atoms with E-state index in [4.69, 9.17) is 17.5 Å². The maximum atomic E-state index is 8.74. The maximum absolute atomic E-state index is 8.74. The topological polar surface area (TPSA) is 74.6 Å². The van der Waals surface area contributed by atoms with Gasteiger partial charge in [0.25, 0.3) is 0 Å². The number of unbranched alkanes of at least 4 members (excludes halogenated alkanes) is 29. The highest BCUT2D eigenvalue weighted by atomic mass is 32.3. The Morgan fingerprint density at radius 3 is 0.689 bits per heavy atom. The van der Waals surface area contributed by atoms with Crippen LogP contribution in [-0.4, -0.2) is 49.2 Å². The normalized spacial score (nSPS) is 12.7. The summed E-state index contributed by atoms with van der Waals surface area (Å²) in [5.41, 5.74) is 0. The van der Waals surface area contributed by atoms with Crippen molar-refractivity contribution in [3.05, 3.63) is 0 Å². The summed E-state index contributed by atoms with van der Waals surface area (Å²) in [6.07, 6.45) is 48.4. The molecule has 0 spiro atoms. The van der Waals surface area contributed by atoms with Crippen LogP contribution in [0.25, 0.3) is 0 Å². The van der Waals surface area contributed by atoms with Gasteiger partial charge in [-0.3, -0.25) is 9.11 Å². The minimum absolute atomic E-state index is 0.869. The first kappa shape index (κ1) is 46.9. The second kappa shape index (κ2) is 35.1. The lowest BCUT2D eigenvalue weighted by Crippen LogP contribution is -2.45. The van der Waals surface area contributed by atoms with E-state index in [9.17, 15) is 0 Å². The molecular formula is C39H84NO4S+. The molecule has 0 radical (unpaired) electrons. The molecular weight excluding hydrogens is 578 g/mol. The molecule has 1 unspecified atom stereocenters. The Morgan fingerprint density at radius 1 is 0.378 bits per heavy atom. The smallest absolute Gasteiger partial charge is 0.328 e. The Morgan fingerprint density at radius 2 is 0.533 bits per heavy atom. The summed E-state index contributed by atoms with van der Waals surface area (Å²) in [5.74, 6) is 0. The highest BCUT2D eigenvalue weighted by Gasteiger charge is 2.22. The summed E-state index contributed by atoms with van der Waals surface area (Å²) in [4.78, 5) is 0. The van der Waals surface area contributed by atoms with E-state index in [0.717, 1.165) is 10.5 Å². The Hall–Kier alpha value is -0.170. The Bertz CT molecular complexity index is 654. The van der Waals surface area contributed by atoms with Gasteiger partial charge >= 0.3 is 10.4 Å². The van der Waals surface area contributed by atoms with Crippen LogP contribution in [0.15, 0.2) is 0 Å². The van der Waals surface area contributed by atoms with E-state index in [2.05, 4.69) is 35.0 Å². The predicted molar refractivity (Wildman–Crippen MR) is 200 cm³/mol. The van der Waals surface area contributed by atoms with Crippen LogP contribution in [0.3, 0.4) is 0 Å². The SMILES string of the molecule is CCCCCCCCCCCCCCCCCCC(CCCCCCCCCCCCCCCCC)[N+](C)(C)C.O=S(=O)(O)O. The largest absolute Gasteiger partial charge is 0.394 e. The number of hydrogen-bond donors (Lipinski definition) is 2. The van der Waals surface area contributed by atoms with Crippen LogP contribution in [0.1, 0.15) is 226 Å². The van der Waals surface area contributed by atoms with Crippen LogP contribution in [0.5, 0.6) is 0 Å². The Kier molecular flexibility index (Phi) is 36.7. The van der Waals surface area contributed by atoms with Crippen molar-refractivity contribution in [3.8, 4) is 0 Å². The fourth-order valence-electron chi connectivity index (χ4n) is 6.60. The summed E-state index contributed by atoms with van der Waals surface area (Å²) in [7, 11) is 2.63. The highest BCUT2D eigenvalue weighted by molar-refractivity contribution is 7.79. The Labute approximate surface area is 284 Å². The molecule has 0 rings (SSSR count). The molecule has 2 N–H and O–H groups in total. The van der Waals surface area contributed by atoms with Crippen molar-refractivity contribution < 1.29 is 22.0 Å². The lowest BCUT2D eigenvalue weighted by molar-refractivity contribution is -0.896. The minimum atomic E-state index is -4.67. The zero-order valence-corrected chi connectivity index (χ0v) is 32.3. The lowest BCUT2D eigenvalue weighted by atomic mass is 9.97. The van der Waals surface area contributed by atoms with Gasteiger partial charge in [0.15, 0.2) is 0 Å². The molecule has 0 aromatic rings. The molecule has 0 aromatic carbocycles. The van der Waals surface area contributed by atoms with Gasteiger partial charge in [-0.15, -0.1) is 0 Å². The van der Waals surface area contributed by atoms with Crippen molar-refractivity contribution in [1.29, 1.82) is 0 Å². The third-order valence-corrected chi connectivity index (χ3v) is 9.63. The molecule has 0 fully saturated rings. The van der Waals surface area contributed by atoms with Gasteiger partial charge < -0.3 is 4.48 Å². The van der Waals surface area contributed by atoms with E-state index < -0.39 is 10.4 Å². The van der Waals surface area contributed by atoms with Crippen LogP contribution >= 0.6 is 0 Å². The average molecular weight is 663 g/mol. The molecule has 0 aliphatic carbocycles. The van der Waals surface area contributed by atoms with Gasteiger partial charge in [0, 0.05) is 0 Å². The zero-order valence-electron chi connectivity index (χ0n) is 31.5. The minimum Gasteiger partial charge on any atom is -0.328 e. The molecule has 0 aliphatic rings. The maximum Gasteiger partial charge on any atom is 0.394 e. The molecule has 6 heteroatoms. The van der Waals surface area contributed by atoms with Gasteiger partial charge in [-0.05, 0) is 25.7 Å². The molecule has 0 saturated heterocycles. The number of hydrogen-bond acceptors (Lipinski definition) is 2. The van der Waals surface area contributed by atoms with Crippen molar-refractivity contribution >= 4 is 10.4 Å². The average Bonchev–Trinajstić information content (AvgIpc) is 2.96. The van der Waals surface area contributed by atoms with Gasteiger partial charge in [0.2, 0.25) is 0 Å². The number of quaternary nitrogens is 1. The number of rotatable bonds is 34. The fourth-order valence-corrected chi connectivity index (χ4v) is 6.60. The van der Waals surface area contributed by atoms with Crippen molar-refractivity contribution in [2.45, 2.75) is 232 Å².